The van der Waals surface area contributed by atoms with Gasteiger partial charge in [-0.25, -0.2) is 0 Å². The molecule has 104 valence electrons. The van der Waals surface area contributed by atoms with Crippen LogP contribution in [0.2, 0.25) is 0 Å². The summed E-state index contributed by atoms with van der Waals surface area (Å²) in [6, 6.07) is 5.67. The number of hydrogen-bond donors (Lipinski definition) is 1. The van der Waals surface area contributed by atoms with Crippen molar-refractivity contribution >= 4 is 5.97 Å². The van der Waals surface area contributed by atoms with Gasteiger partial charge in [-0.1, -0.05) is 6.07 Å². The molecular weight excluding hydrogens is 244 g/mol. The van der Waals surface area contributed by atoms with Gasteiger partial charge in [0.2, 0.25) is 0 Å². The van der Waals surface area contributed by atoms with Gasteiger partial charge < -0.3 is 14.6 Å². The maximum Gasteiger partial charge on any atom is 0.309 e. The quantitative estimate of drug-likeness (QED) is 0.847. The first-order valence-corrected chi connectivity index (χ1v) is 6.64. The number of ether oxygens (including phenoxy) is 2. The summed E-state index contributed by atoms with van der Waals surface area (Å²) < 4.78 is 10.2. The predicted octanol–water partition coefficient (Wildman–Crippen LogP) is 2.17. The molecule has 0 saturated carbocycles. The lowest BCUT2D eigenvalue weighted by Crippen LogP contribution is -2.33. The number of carbonyl (C=O) groups is 1. The molecule has 19 heavy (non-hydrogen) atoms. The van der Waals surface area contributed by atoms with Crippen molar-refractivity contribution in [3.05, 3.63) is 29.3 Å². The summed E-state index contributed by atoms with van der Waals surface area (Å²) >= 11 is 0. The molecule has 0 aliphatic heterocycles. The number of benzene rings is 1. The third-order valence-electron chi connectivity index (χ3n) is 3.60. The summed E-state index contributed by atoms with van der Waals surface area (Å²) in [5.74, 6) is 0.337. The van der Waals surface area contributed by atoms with Crippen molar-refractivity contribution in [3.63, 3.8) is 0 Å². The van der Waals surface area contributed by atoms with E-state index in [4.69, 9.17) is 9.47 Å². The third kappa shape index (κ3) is 2.89. The fourth-order valence-electron chi connectivity index (χ4n) is 2.67. The third-order valence-corrected chi connectivity index (χ3v) is 3.60. The minimum atomic E-state index is -1.13. The summed E-state index contributed by atoms with van der Waals surface area (Å²) in [5.41, 5.74) is 0.749. The number of carbonyl (C=O) groups excluding carboxylic acids is 1. The van der Waals surface area contributed by atoms with Gasteiger partial charge >= 0.3 is 5.97 Å². The zero-order valence-electron chi connectivity index (χ0n) is 11.4. The van der Waals surface area contributed by atoms with Gasteiger partial charge in [-0.05, 0) is 49.4 Å². The number of methoxy groups -OCH3 is 1. The smallest absolute Gasteiger partial charge is 0.309 e. The van der Waals surface area contributed by atoms with E-state index in [1.807, 2.05) is 18.2 Å². The monoisotopic (exact) mass is 264 g/mol. The second kappa shape index (κ2) is 5.61. The number of esters is 1. The molecule has 4 heteroatoms. The van der Waals surface area contributed by atoms with Crippen LogP contribution in [0.3, 0.4) is 0 Å². The van der Waals surface area contributed by atoms with E-state index in [-0.39, 0.29) is 12.4 Å². The Morgan fingerprint density at radius 1 is 1.47 bits per heavy atom. The molecule has 1 aliphatic carbocycles. The maximum absolute atomic E-state index is 11.7. The van der Waals surface area contributed by atoms with Gasteiger partial charge in [-0.15, -0.1) is 0 Å². The van der Waals surface area contributed by atoms with Crippen LogP contribution in [0.15, 0.2) is 18.2 Å². The largest absolute Gasteiger partial charge is 0.497 e. The average Bonchev–Trinajstić information content (AvgIpc) is 2.39. The Hall–Kier alpha value is -1.55. The molecule has 1 atom stereocenters. The van der Waals surface area contributed by atoms with E-state index < -0.39 is 5.60 Å². The van der Waals surface area contributed by atoms with E-state index in [1.54, 1.807) is 14.0 Å². The molecule has 0 unspecified atom stereocenters. The highest BCUT2D eigenvalue weighted by Gasteiger charge is 2.37. The molecule has 0 radical (unpaired) electrons. The molecule has 0 heterocycles. The zero-order chi connectivity index (χ0) is 13.9. The Labute approximate surface area is 113 Å². The molecule has 0 amide bonds. The van der Waals surface area contributed by atoms with E-state index >= 15 is 0 Å². The molecule has 1 aliphatic rings. The van der Waals surface area contributed by atoms with Gasteiger partial charge in [0.15, 0.2) is 0 Å². The molecule has 1 N–H and O–H groups in total. The van der Waals surface area contributed by atoms with Crippen molar-refractivity contribution in [3.8, 4) is 5.75 Å². The van der Waals surface area contributed by atoms with E-state index in [1.165, 1.54) is 0 Å². The molecule has 0 spiro atoms. The Morgan fingerprint density at radius 2 is 2.26 bits per heavy atom. The fourth-order valence-corrected chi connectivity index (χ4v) is 2.67. The number of fused-ring (bicyclic) bond motifs is 1. The SMILES string of the molecule is CCOC(=O)C[C@@]1(O)CCCc2ccc(OC)cc21. The van der Waals surface area contributed by atoms with Crippen LogP contribution in [0.1, 0.15) is 37.3 Å². The highest BCUT2D eigenvalue weighted by Crippen LogP contribution is 2.39. The van der Waals surface area contributed by atoms with Crippen molar-refractivity contribution < 1.29 is 19.4 Å². The lowest BCUT2D eigenvalue weighted by Gasteiger charge is -2.34. The molecular formula is C15H20O4. The van der Waals surface area contributed by atoms with Gasteiger partial charge in [-0.2, -0.15) is 0 Å². The van der Waals surface area contributed by atoms with Gasteiger partial charge in [-0.3, -0.25) is 4.79 Å². The maximum atomic E-state index is 11.7. The second-order valence-electron chi connectivity index (χ2n) is 4.89. The second-order valence-corrected chi connectivity index (χ2v) is 4.89. The molecule has 2 rings (SSSR count). The number of aryl methyl sites for hydroxylation is 1. The molecule has 1 aromatic rings. The first-order chi connectivity index (χ1) is 9.09. The molecule has 4 nitrogen and oxygen atoms in total. The molecule has 0 bridgehead atoms. The summed E-state index contributed by atoms with van der Waals surface area (Å²) in [6.07, 6.45) is 2.37. The normalized spacial score (nSPS) is 21.6. The Morgan fingerprint density at radius 3 is 2.95 bits per heavy atom. The lowest BCUT2D eigenvalue weighted by molar-refractivity contribution is -0.149. The Balaban J connectivity index is 2.31. The highest BCUT2D eigenvalue weighted by atomic mass is 16.5. The minimum absolute atomic E-state index is 0.001000. The number of rotatable bonds is 4. The first kappa shape index (κ1) is 13.9. The zero-order valence-corrected chi connectivity index (χ0v) is 11.4. The van der Waals surface area contributed by atoms with Crippen LogP contribution in [-0.4, -0.2) is 24.8 Å². The van der Waals surface area contributed by atoms with E-state index in [9.17, 15) is 9.90 Å². The van der Waals surface area contributed by atoms with Gasteiger partial charge in [0.25, 0.3) is 0 Å². The summed E-state index contributed by atoms with van der Waals surface area (Å²) in [4.78, 5) is 11.7. The van der Waals surface area contributed by atoms with E-state index in [0.29, 0.717) is 18.8 Å². The van der Waals surface area contributed by atoms with Gasteiger partial charge in [0.1, 0.15) is 11.4 Å². The Kier molecular flexibility index (Phi) is 4.10. The summed E-state index contributed by atoms with van der Waals surface area (Å²) in [7, 11) is 1.59. The fraction of sp³-hybridized carbons (Fsp3) is 0.533. The average molecular weight is 264 g/mol. The number of aliphatic hydroxyl groups is 1. The lowest BCUT2D eigenvalue weighted by atomic mass is 9.77. The minimum Gasteiger partial charge on any atom is -0.497 e. The van der Waals surface area contributed by atoms with Crippen molar-refractivity contribution in [1.82, 2.24) is 0 Å². The Bertz CT molecular complexity index is 469. The van der Waals surface area contributed by atoms with Crippen LogP contribution >= 0.6 is 0 Å². The molecule has 0 saturated heterocycles. The predicted molar refractivity (Wildman–Crippen MR) is 71.1 cm³/mol. The summed E-state index contributed by atoms with van der Waals surface area (Å²) in [5, 5.41) is 10.8. The van der Waals surface area contributed by atoms with Crippen molar-refractivity contribution in [2.45, 2.75) is 38.2 Å². The standard InChI is InChI=1S/C15H20O4/c1-3-19-14(16)10-15(17)8-4-5-11-6-7-12(18-2)9-13(11)15/h6-7,9,17H,3-5,8,10H2,1-2H3/t15-/m0/s1. The van der Waals surface area contributed by atoms with Gasteiger partial charge in [0.05, 0.1) is 20.1 Å². The molecule has 1 aromatic carbocycles. The molecule has 0 aromatic heterocycles. The molecule has 0 fully saturated rings. The van der Waals surface area contributed by atoms with Crippen LogP contribution in [0.4, 0.5) is 0 Å². The van der Waals surface area contributed by atoms with Crippen LogP contribution in [0.5, 0.6) is 5.75 Å². The number of hydrogen-bond acceptors (Lipinski definition) is 4. The van der Waals surface area contributed by atoms with Crippen molar-refractivity contribution in [2.75, 3.05) is 13.7 Å². The highest BCUT2D eigenvalue weighted by molar-refractivity contribution is 5.71. The topological polar surface area (TPSA) is 55.8 Å². The van der Waals surface area contributed by atoms with Crippen molar-refractivity contribution in [2.24, 2.45) is 0 Å². The van der Waals surface area contributed by atoms with Crippen LogP contribution in [0, 0.1) is 0 Å². The summed E-state index contributed by atoms with van der Waals surface area (Å²) in [6.45, 7) is 2.10. The van der Waals surface area contributed by atoms with E-state index in [2.05, 4.69) is 0 Å². The first-order valence-electron chi connectivity index (χ1n) is 6.64. The van der Waals surface area contributed by atoms with Crippen LogP contribution < -0.4 is 4.74 Å². The van der Waals surface area contributed by atoms with E-state index in [0.717, 1.165) is 24.0 Å². The van der Waals surface area contributed by atoms with Crippen molar-refractivity contribution in [1.29, 1.82) is 0 Å². The van der Waals surface area contributed by atoms with Gasteiger partial charge in [0, 0.05) is 0 Å². The van der Waals surface area contributed by atoms with Crippen LogP contribution in [0.25, 0.3) is 0 Å². The van der Waals surface area contributed by atoms with Crippen LogP contribution in [-0.2, 0) is 21.6 Å².